The van der Waals surface area contributed by atoms with E-state index in [4.69, 9.17) is 4.98 Å². The highest BCUT2D eigenvalue weighted by Crippen LogP contribution is 2.21. The number of hydrogen-bond donors (Lipinski definition) is 1. The molecule has 0 saturated carbocycles. The fourth-order valence-electron chi connectivity index (χ4n) is 2.79. The van der Waals surface area contributed by atoms with Gasteiger partial charge in [0.05, 0.1) is 0 Å². The second kappa shape index (κ2) is 7.04. The van der Waals surface area contributed by atoms with E-state index in [0.29, 0.717) is 6.04 Å². The molecule has 1 saturated heterocycles. The maximum atomic E-state index is 4.79. The molecule has 112 valence electrons. The van der Waals surface area contributed by atoms with Gasteiger partial charge in [0, 0.05) is 25.3 Å². The van der Waals surface area contributed by atoms with Crippen molar-refractivity contribution in [1.29, 1.82) is 0 Å². The van der Waals surface area contributed by atoms with E-state index < -0.39 is 0 Å². The zero-order valence-electron chi connectivity index (χ0n) is 13.3. The molecule has 0 radical (unpaired) electrons. The summed E-state index contributed by atoms with van der Waals surface area (Å²) in [4.78, 5) is 9.56. The van der Waals surface area contributed by atoms with Crippen molar-refractivity contribution in [2.75, 3.05) is 38.6 Å². The van der Waals surface area contributed by atoms with E-state index in [2.05, 4.69) is 55.2 Å². The third kappa shape index (κ3) is 3.70. The molecule has 20 heavy (non-hydrogen) atoms. The number of aromatic nitrogens is 1. The minimum Gasteiger partial charge on any atom is -0.357 e. The van der Waals surface area contributed by atoms with Gasteiger partial charge >= 0.3 is 0 Å². The third-order valence-electron chi connectivity index (χ3n) is 4.34. The first-order valence-corrected chi connectivity index (χ1v) is 7.70. The summed E-state index contributed by atoms with van der Waals surface area (Å²) in [6.07, 6.45) is 2.46. The van der Waals surface area contributed by atoms with Gasteiger partial charge in [-0.2, -0.15) is 0 Å². The number of pyridine rings is 1. The van der Waals surface area contributed by atoms with E-state index in [0.717, 1.165) is 24.6 Å². The monoisotopic (exact) mass is 276 g/mol. The lowest BCUT2D eigenvalue weighted by Crippen LogP contribution is -2.42. The van der Waals surface area contributed by atoms with Crippen molar-refractivity contribution in [2.45, 2.75) is 39.3 Å². The van der Waals surface area contributed by atoms with E-state index in [1.165, 1.54) is 31.5 Å². The fraction of sp³-hybridized carbons (Fsp3) is 0.688. The van der Waals surface area contributed by atoms with Gasteiger partial charge in [-0.05, 0) is 58.1 Å². The zero-order chi connectivity index (χ0) is 14.5. The van der Waals surface area contributed by atoms with Crippen LogP contribution in [0.5, 0.6) is 0 Å². The molecule has 1 aromatic heterocycles. The Morgan fingerprint density at radius 2 is 2.05 bits per heavy atom. The molecule has 4 nitrogen and oxygen atoms in total. The molecule has 0 unspecified atom stereocenters. The summed E-state index contributed by atoms with van der Waals surface area (Å²) in [5.41, 5.74) is 2.44. The first kappa shape index (κ1) is 15.3. The van der Waals surface area contributed by atoms with Gasteiger partial charge in [-0.15, -0.1) is 0 Å². The average molecular weight is 276 g/mol. The van der Waals surface area contributed by atoms with Crippen LogP contribution in [0, 0.1) is 6.92 Å². The number of anilines is 1. The molecule has 0 aromatic carbocycles. The van der Waals surface area contributed by atoms with Gasteiger partial charge in [0.2, 0.25) is 0 Å². The Balaban J connectivity index is 2.03. The summed E-state index contributed by atoms with van der Waals surface area (Å²) in [6, 6.07) is 5.00. The lowest BCUT2D eigenvalue weighted by molar-refractivity contribution is 0.252. The molecule has 1 aliphatic heterocycles. The number of hydrogen-bond acceptors (Lipinski definition) is 4. The minimum atomic E-state index is 0.623. The molecule has 0 amide bonds. The lowest BCUT2D eigenvalue weighted by atomic mass is 10.0. The summed E-state index contributed by atoms with van der Waals surface area (Å²) in [5, 5.41) is 3.36. The van der Waals surface area contributed by atoms with Crippen LogP contribution < -0.4 is 10.2 Å². The highest BCUT2D eigenvalue weighted by Gasteiger charge is 2.21. The molecule has 2 rings (SSSR count). The fourth-order valence-corrected chi connectivity index (χ4v) is 2.79. The smallest absolute Gasteiger partial charge is 0.128 e. The molecule has 2 heterocycles. The van der Waals surface area contributed by atoms with E-state index in [1.807, 2.05) is 0 Å². The van der Waals surface area contributed by atoms with Crippen molar-refractivity contribution in [2.24, 2.45) is 0 Å². The van der Waals surface area contributed by atoms with Crippen LogP contribution in [0.2, 0.25) is 0 Å². The molecular formula is C16H28N4. The predicted molar refractivity (Wildman–Crippen MR) is 85.3 cm³/mol. The number of piperidine rings is 1. The van der Waals surface area contributed by atoms with Crippen LogP contribution in [0.15, 0.2) is 12.1 Å². The van der Waals surface area contributed by atoms with Crippen LogP contribution in [0.4, 0.5) is 5.82 Å². The number of rotatable bonds is 5. The van der Waals surface area contributed by atoms with Gasteiger partial charge in [0.15, 0.2) is 0 Å². The first-order chi connectivity index (χ1) is 9.61. The minimum absolute atomic E-state index is 0.623. The van der Waals surface area contributed by atoms with Gasteiger partial charge in [0.1, 0.15) is 5.82 Å². The molecule has 1 fully saturated rings. The van der Waals surface area contributed by atoms with E-state index in [1.54, 1.807) is 0 Å². The van der Waals surface area contributed by atoms with Crippen molar-refractivity contribution in [1.82, 2.24) is 15.2 Å². The number of nitrogens with zero attached hydrogens (tertiary/aromatic N) is 3. The molecule has 1 aliphatic rings. The zero-order valence-corrected chi connectivity index (χ0v) is 13.3. The van der Waals surface area contributed by atoms with Gasteiger partial charge < -0.3 is 15.1 Å². The van der Waals surface area contributed by atoms with Crippen LogP contribution >= 0.6 is 0 Å². The van der Waals surface area contributed by atoms with Crippen molar-refractivity contribution >= 4 is 5.82 Å². The molecule has 0 bridgehead atoms. The van der Waals surface area contributed by atoms with Gasteiger partial charge in [-0.3, -0.25) is 0 Å². The summed E-state index contributed by atoms with van der Waals surface area (Å²) in [6.45, 7) is 8.52. The Labute approximate surface area is 123 Å². The molecule has 0 aliphatic carbocycles. The Kier molecular flexibility index (Phi) is 5.38. The van der Waals surface area contributed by atoms with Crippen molar-refractivity contribution in [3.05, 3.63) is 23.4 Å². The van der Waals surface area contributed by atoms with E-state index in [-0.39, 0.29) is 0 Å². The molecule has 0 atom stereocenters. The number of aryl methyl sites for hydroxylation is 1. The second-order valence-electron chi connectivity index (χ2n) is 5.84. The van der Waals surface area contributed by atoms with Crippen molar-refractivity contribution in [3.8, 4) is 0 Å². The third-order valence-corrected chi connectivity index (χ3v) is 4.34. The maximum Gasteiger partial charge on any atom is 0.128 e. The van der Waals surface area contributed by atoms with E-state index >= 15 is 0 Å². The van der Waals surface area contributed by atoms with Crippen LogP contribution in [-0.4, -0.2) is 49.7 Å². The Bertz CT molecular complexity index is 424. The van der Waals surface area contributed by atoms with Crippen molar-refractivity contribution < 1.29 is 0 Å². The molecule has 0 spiro atoms. The topological polar surface area (TPSA) is 31.4 Å². The standard InChI is InChI=1S/C16H28N4/c1-5-17-12-14-6-7-16(18-13(14)2)20(4)15-8-10-19(3)11-9-15/h6-7,15,17H,5,8-12H2,1-4H3. The maximum absolute atomic E-state index is 4.79. The Morgan fingerprint density at radius 1 is 1.35 bits per heavy atom. The Hall–Kier alpha value is -1.13. The summed E-state index contributed by atoms with van der Waals surface area (Å²) in [5.74, 6) is 1.11. The van der Waals surface area contributed by atoms with Crippen LogP contribution in [0.3, 0.4) is 0 Å². The van der Waals surface area contributed by atoms with Gasteiger partial charge in [-0.1, -0.05) is 13.0 Å². The number of nitrogens with one attached hydrogen (secondary N) is 1. The van der Waals surface area contributed by atoms with Gasteiger partial charge in [0.25, 0.3) is 0 Å². The number of likely N-dealkylation sites (tertiary alicyclic amines) is 1. The SMILES string of the molecule is CCNCc1ccc(N(C)C2CCN(C)CC2)nc1C. The van der Waals surface area contributed by atoms with Crippen LogP contribution in [0.1, 0.15) is 31.0 Å². The molecule has 4 heteroatoms. The quantitative estimate of drug-likeness (QED) is 0.891. The highest BCUT2D eigenvalue weighted by atomic mass is 15.2. The summed E-state index contributed by atoms with van der Waals surface area (Å²) < 4.78 is 0. The second-order valence-corrected chi connectivity index (χ2v) is 5.84. The van der Waals surface area contributed by atoms with E-state index in [9.17, 15) is 0 Å². The highest BCUT2D eigenvalue weighted by molar-refractivity contribution is 5.42. The lowest BCUT2D eigenvalue weighted by Gasteiger charge is -2.36. The van der Waals surface area contributed by atoms with Crippen LogP contribution in [0.25, 0.3) is 0 Å². The average Bonchev–Trinajstić information content (AvgIpc) is 2.46. The summed E-state index contributed by atoms with van der Waals surface area (Å²) >= 11 is 0. The predicted octanol–water partition coefficient (Wildman–Crippen LogP) is 2.03. The first-order valence-electron chi connectivity index (χ1n) is 7.70. The van der Waals surface area contributed by atoms with Gasteiger partial charge in [-0.25, -0.2) is 4.98 Å². The van der Waals surface area contributed by atoms with Crippen molar-refractivity contribution in [3.63, 3.8) is 0 Å². The largest absolute Gasteiger partial charge is 0.357 e. The Morgan fingerprint density at radius 3 is 2.65 bits per heavy atom. The van der Waals surface area contributed by atoms with Crippen LogP contribution in [-0.2, 0) is 6.54 Å². The molecular weight excluding hydrogens is 248 g/mol. The normalized spacial score (nSPS) is 17.4. The summed E-state index contributed by atoms with van der Waals surface area (Å²) in [7, 11) is 4.38. The molecule has 1 aromatic rings. The molecule has 1 N–H and O–H groups in total.